The first-order valence-electron chi connectivity index (χ1n) is 7.17. The summed E-state index contributed by atoms with van der Waals surface area (Å²) in [6, 6.07) is 4.48. The Bertz CT molecular complexity index is 572. The topological polar surface area (TPSA) is 0 Å². The van der Waals surface area contributed by atoms with Gasteiger partial charge in [0, 0.05) is 8.07 Å². The molecule has 0 unspecified atom stereocenters. The van der Waals surface area contributed by atoms with Crippen molar-refractivity contribution >= 4 is 8.07 Å². The second-order valence-corrected chi connectivity index (χ2v) is 11.8. The number of halogens is 3. The molecule has 0 fully saturated rings. The van der Waals surface area contributed by atoms with Crippen LogP contribution in [0, 0.1) is 26.8 Å². The SMILES string of the molecule is Cc1ccc(C)c(CC2=[C-]C([Si](C)(C)C)=CC2)c1C.[Cl-].[Cl-].[Cl-].[Ti+4]. The summed E-state index contributed by atoms with van der Waals surface area (Å²) in [7, 11) is -1.19. The maximum Gasteiger partial charge on any atom is 4.00 e. The minimum atomic E-state index is -1.19. The first-order chi connectivity index (χ1) is 8.79. The molecular weight excluding hydrogens is 399 g/mol. The van der Waals surface area contributed by atoms with E-state index >= 15 is 0 Å². The summed E-state index contributed by atoms with van der Waals surface area (Å²) in [4.78, 5) is 0. The Morgan fingerprint density at radius 3 is 1.96 bits per heavy atom. The van der Waals surface area contributed by atoms with Gasteiger partial charge in [-0.2, -0.15) is 5.57 Å². The van der Waals surface area contributed by atoms with Crippen LogP contribution < -0.4 is 37.2 Å². The van der Waals surface area contributed by atoms with Gasteiger partial charge >= 0.3 is 21.7 Å². The number of aryl methyl sites for hydroxylation is 2. The van der Waals surface area contributed by atoms with E-state index in [2.05, 4.69) is 64.7 Å². The van der Waals surface area contributed by atoms with Gasteiger partial charge in [-0.25, -0.2) is 11.3 Å². The van der Waals surface area contributed by atoms with Gasteiger partial charge in [0.15, 0.2) is 0 Å². The van der Waals surface area contributed by atoms with Crippen LogP contribution in [0.5, 0.6) is 0 Å². The summed E-state index contributed by atoms with van der Waals surface area (Å²) in [6.45, 7) is 13.9. The van der Waals surface area contributed by atoms with E-state index in [1.807, 2.05) is 0 Å². The maximum absolute atomic E-state index is 3.69. The first-order valence-corrected chi connectivity index (χ1v) is 10.7. The molecule has 5 heteroatoms. The summed E-state index contributed by atoms with van der Waals surface area (Å²) in [5.41, 5.74) is 7.24. The largest absolute Gasteiger partial charge is 4.00 e. The Morgan fingerprint density at radius 2 is 1.48 bits per heavy atom. The molecule has 0 amide bonds. The van der Waals surface area contributed by atoms with Gasteiger partial charge in [-0.15, -0.1) is 0 Å². The molecule has 0 N–H and O–H groups in total. The molecule has 1 aliphatic rings. The molecule has 1 aliphatic carbocycles. The first kappa shape index (κ1) is 28.3. The number of benzene rings is 1. The molecule has 0 aromatic heterocycles. The quantitative estimate of drug-likeness (QED) is 0.345. The molecule has 0 atom stereocenters. The normalized spacial score (nSPS) is 12.8. The van der Waals surface area contributed by atoms with Crippen LogP contribution in [0.25, 0.3) is 0 Å². The third-order valence-corrected chi connectivity index (χ3v) is 6.11. The Morgan fingerprint density at radius 1 is 0.957 bits per heavy atom. The van der Waals surface area contributed by atoms with Crippen molar-refractivity contribution in [3.05, 3.63) is 57.3 Å². The van der Waals surface area contributed by atoms with E-state index in [9.17, 15) is 0 Å². The third-order valence-electron chi connectivity index (χ3n) is 4.17. The van der Waals surface area contributed by atoms with E-state index in [1.165, 1.54) is 33.0 Å². The number of allylic oxidation sites excluding steroid dienone is 4. The van der Waals surface area contributed by atoms with Crippen LogP contribution in [0.3, 0.4) is 0 Å². The monoisotopic (exact) mass is 422 g/mol. The van der Waals surface area contributed by atoms with Crippen LogP contribution in [-0.4, -0.2) is 8.07 Å². The van der Waals surface area contributed by atoms with Gasteiger partial charge in [0.1, 0.15) is 0 Å². The Hall–Kier alpha value is 0.501. The smallest absolute Gasteiger partial charge is 1.00 e. The van der Waals surface area contributed by atoms with Crippen LogP contribution >= 0.6 is 0 Å². The average molecular weight is 424 g/mol. The van der Waals surface area contributed by atoms with Crippen molar-refractivity contribution in [3.8, 4) is 0 Å². The predicted octanol–water partition coefficient (Wildman–Crippen LogP) is -3.90. The molecule has 1 aromatic carbocycles. The Kier molecular flexibility index (Phi) is 13.8. The number of hydrogen-bond donors (Lipinski definition) is 0. The van der Waals surface area contributed by atoms with Gasteiger partial charge in [0.05, 0.1) is 0 Å². The van der Waals surface area contributed by atoms with E-state index < -0.39 is 8.07 Å². The molecule has 2 rings (SSSR count). The third kappa shape index (κ3) is 7.10. The van der Waals surface area contributed by atoms with Crippen LogP contribution in [0.4, 0.5) is 0 Å². The number of rotatable bonds is 3. The second kappa shape index (κ2) is 11.2. The summed E-state index contributed by atoms with van der Waals surface area (Å²) in [5.74, 6) is 0. The minimum absolute atomic E-state index is 0. The van der Waals surface area contributed by atoms with Gasteiger partial charge in [-0.3, -0.25) is 6.08 Å². The van der Waals surface area contributed by atoms with Crippen molar-refractivity contribution in [3.63, 3.8) is 0 Å². The molecule has 0 saturated carbocycles. The zero-order valence-electron chi connectivity index (χ0n) is 14.8. The molecular formula is C18H25Cl3SiTi. The van der Waals surface area contributed by atoms with Gasteiger partial charge < -0.3 is 37.2 Å². The van der Waals surface area contributed by atoms with Crippen LogP contribution in [-0.2, 0) is 28.1 Å². The number of hydrogen-bond acceptors (Lipinski definition) is 0. The zero-order valence-corrected chi connectivity index (χ0v) is 19.6. The van der Waals surface area contributed by atoms with E-state index in [1.54, 1.807) is 0 Å². The fourth-order valence-corrected chi connectivity index (χ4v) is 3.89. The minimum Gasteiger partial charge on any atom is -1.00 e. The molecule has 0 spiro atoms. The Labute approximate surface area is 176 Å². The molecule has 23 heavy (non-hydrogen) atoms. The molecule has 126 valence electrons. The van der Waals surface area contributed by atoms with Crippen molar-refractivity contribution < 1.29 is 58.9 Å². The van der Waals surface area contributed by atoms with Crippen molar-refractivity contribution in [2.24, 2.45) is 0 Å². The van der Waals surface area contributed by atoms with Crippen LogP contribution in [0.15, 0.2) is 29.0 Å². The van der Waals surface area contributed by atoms with Gasteiger partial charge in [-0.05, 0) is 49.4 Å². The predicted molar refractivity (Wildman–Crippen MR) is 87.2 cm³/mol. The van der Waals surface area contributed by atoms with E-state index in [-0.39, 0.29) is 58.9 Å². The fourth-order valence-electron chi connectivity index (χ4n) is 2.62. The second-order valence-electron chi connectivity index (χ2n) is 6.78. The zero-order chi connectivity index (χ0) is 14.2. The fraction of sp³-hybridized carbons (Fsp3) is 0.444. The van der Waals surface area contributed by atoms with Crippen molar-refractivity contribution in [2.45, 2.75) is 53.3 Å². The Balaban J connectivity index is -0.000001000. The van der Waals surface area contributed by atoms with Crippen LogP contribution in [0.2, 0.25) is 19.6 Å². The standard InChI is InChI=1S/C18H25Si.3ClH.Ti/c1-13-7-8-14(2)18(15(13)3)12-16-9-10-17(11-16)19(4,5)6;;;;/h7-8,10H,9,12H2,1-6H3;3*1H;/q-1;;;;+4/p-3. The van der Waals surface area contributed by atoms with E-state index in [0.29, 0.717) is 0 Å². The molecule has 0 heterocycles. The maximum atomic E-state index is 3.69. The molecule has 0 bridgehead atoms. The van der Waals surface area contributed by atoms with E-state index in [0.717, 1.165) is 12.8 Å². The summed E-state index contributed by atoms with van der Waals surface area (Å²) < 4.78 is 0. The van der Waals surface area contributed by atoms with Crippen molar-refractivity contribution in [2.75, 3.05) is 0 Å². The molecule has 0 aliphatic heterocycles. The molecule has 1 aromatic rings. The van der Waals surface area contributed by atoms with Crippen molar-refractivity contribution in [1.29, 1.82) is 0 Å². The van der Waals surface area contributed by atoms with Gasteiger partial charge in [0.25, 0.3) is 0 Å². The summed E-state index contributed by atoms with van der Waals surface area (Å²) in [6.07, 6.45) is 8.27. The average Bonchev–Trinajstić information content (AvgIpc) is 2.78. The van der Waals surface area contributed by atoms with Crippen molar-refractivity contribution in [1.82, 2.24) is 0 Å². The molecule has 0 saturated heterocycles. The summed E-state index contributed by atoms with van der Waals surface area (Å²) in [5, 5.41) is 1.51. The van der Waals surface area contributed by atoms with Crippen LogP contribution in [0.1, 0.15) is 28.7 Å². The molecule has 0 nitrogen and oxygen atoms in total. The van der Waals surface area contributed by atoms with Gasteiger partial charge in [-0.1, -0.05) is 38.2 Å². The molecule has 0 radical (unpaired) electrons. The van der Waals surface area contributed by atoms with E-state index in [4.69, 9.17) is 0 Å². The van der Waals surface area contributed by atoms with Gasteiger partial charge in [0.2, 0.25) is 0 Å². The summed E-state index contributed by atoms with van der Waals surface area (Å²) >= 11 is 0.